The highest BCUT2D eigenvalue weighted by molar-refractivity contribution is 5.96. The molecule has 0 radical (unpaired) electrons. The van der Waals surface area contributed by atoms with Crippen LogP contribution in [0.2, 0.25) is 0 Å². The van der Waals surface area contributed by atoms with Gasteiger partial charge in [0.25, 0.3) is 0 Å². The number of nitrogens with one attached hydrogen (secondary N) is 2. The third-order valence-corrected chi connectivity index (χ3v) is 8.45. The number of carbonyl (C=O) groups is 3. The summed E-state index contributed by atoms with van der Waals surface area (Å²) >= 11 is 0. The summed E-state index contributed by atoms with van der Waals surface area (Å²) in [5.74, 6) is -0.616. The Morgan fingerprint density at radius 2 is 1.73 bits per heavy atom. The molecule has 2 rings (SSSR count). The van der Waals surface area contributed by atoms with E-state index in [1.54, 1.807) is 16.7 Å². The molecule has 8 heteroatoms. The van der Waals surface area contributed by atoms with Crippen molar-refractivity contribution in [3.8, 4) is 0 Å². The molecule has 0 unspecified atom stereocenters. The second-order valence-electron chi connectivity index (χ2n) is 13.2. The number of hydrogen-bond acceptors (Lipinski definition) is 5. The molecule has 0 bridgehead atoms. The summed E-state index contributed by atoms with van der Waals surface area (Å²) in [5.41, 5.74) is 6.78. The molecular formula is C32H53N5O3. The van der Waals surface area contributed by atoms with E-state index in [2.05, 4.69) is 69.5 Å². The highest BCUT2D eigenvalue weighted by Gasteiger charge is 2.38. The molecule has 1 aliphatic rings. The van der Waals surface area contributed by atoms with Crippen molar-refractivity contribution < 1.29 is 14.4 Å². The van der Waals surface area contributed by atoms with Crippen LogP contribution in [0.5, 0.6) is 0 Å². The standard InChI is InChI=1S/C32H53N5O3/c1-21(2)25(19-22(3)29(39)37-18-14-17-24(37)28(33)38)36(10)30(40)27(31(4,5)6)35-20-26(34-9)32(7,8)23-15-12-11-13-16-23/h11-13,15-16,19,21,24-27,34-35H,14,17-18,20H2,1-10H3,(H2,33,38)/b22-19+/t24-,25+,26+,27+/m0/s1. The first-order chi connectivity index (χ1) is 18.5. The van der Waals surface area contributed by atoms with Crippen molar-refractivity contribution >= 4 is 17.7 Å². The van der Waals surface area contributed by atoms with E-state index in [0.717, 1.165) is 6.42 Å². The first-order valence-corrected chi connectivity index (χ1v) is 14.6. The van der Waals surface area contributed by atoms with E-state index in [0.29, 0.717) is 25.1 Å². The fourth-order valence-electron chi connectivity index (χ4n) is 5.75. The van der Waals surface area contributed by atoms with Crippen LogP contribution < -0.4 is 16.4 Å². The number of rotatable bonds is 12. The van der Waals surface area contributed by atoms with E-state index in [9.17, 15) is 14.4 Å². The maximum absolute atomic E-state index is 14.1. The van der Waals surface area contributed by atoms with Gasteiger partial charge in [-0.05, 0) is 43.7 Å². The van der Waals surface area contributed by atoms with Crippen molar-refractivity contribution in [2.24, 2.45) is 17.1 Å². The summed E-state index contributed by atoms with van der Waals surface area (Å²) in [6.07, 6.45) is 3.22. The minimum Gasteiger partial charge on any atom is -0.368 e. The van der Waals surface area contributed by atoms with Crippen LogP contribution in [0.25, 0.3) is 0 Å². The summed E-state index contributed by atoms with van der Waals surface area (Å²) in [6, 6.07) is 9.19. The van der Waals surface area contributed by atoms with Crippen molar-refractivity contribution in [3.63, 3.8) is 0 Å². The van der Waals surface area contributed by atoms with E-state index in [-0.39, 0.29) is 40.6 Å². The fraction of sp³-hybridized carbons (Fsp3) is 0.656. The number of amides is 3. The highest BCUT2D eigenvalue weighted by Crippen LogP contribution is 2.29. The molecule has 0 spiro atoms. The molecule has 0 saturated carbocycles. The Bertz CT molecular complexity index is 1040. The summed E-state index contributed by atoms with van der Waals surface area (Å²) in [6.45, 7) is 17.6. The minimum absolute atomic E-state index is 0.0220. The van der Waals surface area contributed by atoms with Gasteiger partial charge in [0.2, 0.25) is 17.7 Å². The molecule has 4 N–H and O–H groups in total. The van der Waals surface area contributed by atoms with Crippen molar-refractivity contribution in [2.75, 3.05) is 27.2 Å². The molecule has 1 aromatic carbocycles. The van der Waals surface area contributed by atoms with E-state index in [1.165, 1.54) is 5.56 Å². The zero-order valence-electron chi connectivity index (χ0n) is 26.4. The van der Waals surface area contributed by atoms with Gasteiger partial charge in [0.1, 0.15) is 6.04 Å². The number of nitrogens with zero attached hydrogens (tertiary/aromatic N) is 2. The van der Waals surface area contributed by atoms with Crippen molar-refractivity contribution in [1.29, 1.82) is 0 Å². The number of carbonyl (C=O) groups excluding carboxylic acids is 3. The SMILES string of the molecule is CN[C@H](CN[C@H](C(=O)N(C)[C@H](/C=C(\C)C(=O)N1CCC[C@H]1C(N)=O)C(C)C)C(C)(C)C)C(C)(C)c1ccccc1. The van der Waals surface area contributed by atoms with Gasteiger partial charge in [-0.15, -0.1) is 0 Å². The Hall–Kier alpha value is -2.71. The van der Waals surface area contributed by atoms with Gasteiger partial charge in [-0.3, -0.25) is 14.4 Å². The molecule has 1 heterocycles. The second-order valence-corrected chi connectivity index (χ2v) is 13.2. The summed E-state index contributed by atoms with van der Waals surface area (Å²) < 4.78 is 0. The molecule has 1 aromatic rings. The molecule has 40 heavy (non-hydrogen) atoms. The maximum Gasteiger partial charge on any atom is 0.249 e. The Morgan fingerprint density at radius 3 is 2.23 bits per heavy atom. The number of likely N-dealkylation sites (N-methyl/N-ethyl adjacent to an activating group) is 2. The quantitative estimate of drug-likeness (QED) is 0.343. The lowest BCUT2D eigenvalue weighted by Crippen LogP contribution is -2.59. The van der Waals surface area contributed by atoms with Gasteiger partial charge in [-0.1, -0.05) is 84.9 Å². The Morgan fingerprint density at radius 1 is 1.12 bits per heavy atom. The van der Waals surface area contributed by atoms with Crippen LogP contribution in [-0.4, -0.2) is 78.9 Å². The van der Waals surface area contributed by atoms with Gasteiger partial charge in [-0.25, -0.2) is 0 Å². The number of hydrogen-bond donors (Lipinski definition) is 3. The zero-order valence-corrected chi connectivity index (χ0v) is 26.4. The number of nitrogens with two attached hydrogens (primary N) is 1. The molecule has 8 nitrogen and oxygen atoms in total. The molecule has 224 valence electrons. The van der Waals surface area contributed by atoms with Crippen LogP contribution >= 0.6 is 0 Å². The molecule has 1 aliphatic heterocycles. The molecule has 3 amide bonds. The molecule has 0 aromatic heterocycles. The second kappa shape index (κ2) is 13.8. The lowest BCUT2D eigenvalue weighted by molar-refractivity contribution is -0.137. The molecule has 0 aliphatic carbocycles. The number of benzene rings is 1. The molecular weight excluding hydrogens is 502 g/mol. The van der Waals surface area contributed by atoms with E-state index >= 15 is 0 Å². The number of primary amides is 1. The van der Waals surface area contributed by atoms with E-state index in [4.69, 9.17) is 5.73 Å². The average Bonchev–Trinajstić information content (AvgIpc) is 3.38. The topological polar surface area (TPSA) is 108 Å². The normalized spacial score (nSPS) is 18.9. The van der Waals surface area contributed by atoms with Crippen LogP contribution in [-0.2, 0) is 19.8 Å². The van der Waals surface area contributed by atoms with Gasteiger partial charge >= 0.3 is 0 Å². The summed E-state index contributed by atoms with van der Waals surface area (Å²) in [5, 5.41) is 7.06. The monoisotopic (exact) mass is 555 g/mol. The predicted molar refractivity (Wildman–Crippen MR) is 163 cm³/mol. The lowest BCUT2D eigenvalue weighted by Gasteiger charge is -2.40. The smallest absolute Gasteiger partial charge is 0.249 e. The van der Waals surface area contributed by atoms with E-state index < -0.39 is 18.0 Å². The minimum atomic E-state index is -0.567. The lowest BCUT2D eigenvalue weighted by atomic mass is 9.77. The van der Waals surface area contributed by atoms with Crippen LogP contribution in [0.1, 0.15) is 73.8 Å². The fourth-order valence-corrected chi connectivity index (χ4v) is 5.75. The van der Waals surface area contributed by atoms with Gasteiger partial charge in [0, 0.05) is 37.2 Å². The van der Waals surface area contributed by atoms with Crippen molar-refractivity contribution in [2.45, 2.75) is 97.8 Å². The predicted octanol–water partition coefficient (Wildman–Crippen LogP) is 3.46. The first-order valence-electron chi connectivity index (χ1n) is 14.6. The molecule has 4 atom stereocenters. The van der Waals surface area contributed by atoms with Gasteiger partial charge in [-0.2, -0.15) is 0 Å². The summed E-state index contributed by atoms with van der Waals surface area (Å²) in [4.78, 5) is 42.5. The van der Waals surface area contributed by atoms with Gasteiger partial charge in [0.15, 0.2) is 0 Å². The zero-order chi connectivity index (χ0) is 30.4. The largest absolute Gasteiger partial charge is 0.368 e. The first kappa shape index (κ1) is 33.5. The third kappa shape index (κ3) is 7.94. The van der Waals surface area contributed by atoms with Crippen LogP contribution in [0.4, 0.5) is 0 Å². The van der Waals surface area contributed by atoms with E-state index in [1.807, 2.05) is 40.1 Å². The maximum atomic E-state index is 14.1. The number of likely N-dealkylation sites (tertiary alicyclic amines) is 1. The van der Waals surface area contributed by atoms with Crippen molar-refractivity contribution in [1.82, 2.24) is 20.4 Å². The Balaban J connectivity index is 2.27. The average molecular weight is 556 g/mol. The summed E-state index contributed by atoms with van der Waals surface area (Å²) in [7, 11) is 3.77. The third-order valence-electron chi connectivity index (χ3n) is 8.45. The molecule has 1 fully saturated rings. The van der Waals surface area contributed by atoms with Crippen LogP contribution in [0.15, 0.2) is 42.0 Å². The van der Waals surface area contributed by atoms with Crippen molar-refractivity contribution in [3.05, 3.63) is 47.5 Å². The van der Waals surface area contributed by atoms with Gasteiger partial charge in [0.05, 0.1) is 12.1 Å². The van der Waals surface area contributed by atoms with Crippen LogP contribution in [0.3, 0.4) is 0 Å². The highest BCUT2D eigenvalue weighted by atomic mass is 16.2. The Labute approximate surface area is 242 Å². The van der Waals surface area contributed by atoms with Crippen LogP contribution in [0, 0.1) is 11.3 Å². The Kier molecular flexibility index (Phi) is 11.5. The van der Waals surface area contributed by atoms with Gasteiger partial charge < -0.3 is 26.2 Å². The molecule has 1 saturated heterocycles.